The summed E-state index contributed by atoms with van der Waals surface area (Å²) in [7, 11) is 0. The number of aromatic nitrogens is 3. The molecule has 0 unspecified atom stereocenters. The SMILES string of the molecule is O=C(O)c1cn(CCNC(=O)c2ccc([N+](=O)[O-])[nH]2)cn1. The summed E-state index contributed by atoms with van der Waals surface area (Å²) < 4.78 is 1.51. The van der Waals surface area contributed by atoms with Crippen molar-refractivity contribution in [1.29, 1.82) is 0 Å². The molecule has 0 radical (unpaired) electrons. The van der Waals surface area contributed by atoms with Crippen molar-refractivity contribution < 1.29 is 19.6 Å². The largest absolute Gasteiger partial charge is 0.476 e. The molecule has 0 bridgehead atoms. The van der Waals surface area contributed by atoms with E-state index < -0.39 is 16.8 Å². The fourth-order valence-electron chi connectivity index (χ4n) is 1.61. The van der Waals surface area contributed by atoms with Gasteiger partial charge in [-0.3, -0.25) is 4.79 Å². The molecular formula is C11H11N5O5. The maximum atomic E-state index is 11.7. The van der Waals surface area contributed by atoms with Gasteiger partial charge in [0, 0.05) is 25.4 Å². The van der Waals surface area contributed by atoms with Crippen LogP contribution >= 0.6 is 0 Å². The number of carboxylic acids is 1. The van der Waals surface area contributed by atoms with Crippen LogP contribution in [0.3, 0.4) is 0 Å². The summed E-state index contributed by atoms with van der Waals surface area (Å²) in [4.78, 5) is 38.2. The van der Waals surface area contributed by atoms with Crippen LogP contribution in [0.25, 0.3) is 0 Å². The van der Waals surface area contributed by atoms with Crippen LogP contribution in [0.1, 0.15) is 21.0 Å². The molecule has 2 heterocycles. The van der Waals surface area contributed by atoms with E-state index in [2.05, 4.69) is 15.3 Å². The maximum absolute atomic E-state index is 11.7. The van der Waals surface area contributed by atoms with E-state index in [1.54, 1.807) is 0 Å². The summed E-state index contributed by atoms with van der Waals surface area (Å²) in [5.74, 6) is -1.88. The molecule has 0 saturated heterocycles. The smallest absolute Gasteiger partial charge is 0.356 e. The molecule has 10 heteroatoms. The van der Waals surface area contributed by atoms with Gasteiger partial charge in [-0.1, -0.05) is 0 Å². The first-order valence-electron chi connectivity index (χ1n) is 5.84. The Morgan fingerprint density at radius 1 is 1.48 bits per heavy atom. The molecule has 0 aliphatic heterocycles. The van der Waals surface area contributed by atoms with Crippen LogP contribution in [0.15, 0.2) is 24.7 Å². The van der Waals surface area contributed by atoms with E-state index in [4.69, 9.17) is 5.11 Å². The summed E-state index contributed by atoms with van der Waals surface area (Å²) in [6, 6.07) is 2.51. The highest BCUT2D eigenvalue weighted by Gasteiger charge is 2.14. The van der Waals surface area contributed by atoms with E-state index in [0.717, 1.165) is 0 Å². The number of aromatic amines is 1. The van der Waals surface area contributed by atoms with Gasteiger partial charge in [0.05, 0.1) is 6.33 Å². The molecular weight excluding hydrogens is 282 g/mol. The zero-order valence-corrected chi connectivity index (χ0v) is 10.6. The number of carbonyl (C=O) groups is 2. The Morgan fingerprint density at radius 2 is 2.24 bits per heavy atom. The molecule has 0 saturated carbocycles. The third-order valence-corrected chi connectivity index (χ3v) is 2.62. The molecule has 1 amide bonds. The van der Waals surface area contributed by atoms with Gasteiger partial charge >= 0.3 is 11.8 Å². The van der Waals surface area contributed by atoms with E-state index >= 15 is 0 Å². The number of imidazole rings is 1. The lowest BCUT2D eigenvalue weighted by Crippen LogP contribution is -2.27. The molecule has 21 heavy (non-hydrogen) atoms. The van der Waals surface area contributed by atoms with Crippen molar-refractivity contribution in [3.05, 3.63) is 46.2 Å². The van der Waals surface area contributed by atoms with Gasteiger partial charge in [-0.2, -0.15) is 0 Å². The molecule has 10 nitrogen and oxygen atoms in total. The molecule has 110 valence electrons. The maximum Gasteiger partial charge on any atom is 0.356 e. The molecule has 0 aromatic carbocycles. The van der Waals surface area contributed by atoms with Crippen LogP contribution < -0.4 is 5.32 Å². The van der Waals surface area contributed by atoms with Crippen LogP contribution in [-0.2, 0) is 6.54 Å². The quantitative estimate of drug-likeness (QED) is 0.514. The van der Waals surface area contributed by atoms with Crippen molar-refractivity contribution in [2.24, 2.45) is 0 Å². The predicted molar refractivity (Wildman–Crippen MR) is 69.0 cm³/mol. The zero-order valence-electron chi connectivity index (χ0n) is 10.6. The number of carboxylic acid groups (broad SMARTS) is 1. The molecule has 0 fully saturated rings. The van der Waals surface area contributed by atoms with Crippen molar-refractivity contribution in [2.75, 3.05) is 6.54 Å². The number of carbonyl (C=O) groups excluding carboxylic acids is 1. The van der Waals surface area contributed by atoms with Crippen molar-refractivity contribution in [1.82, 2.24) is 19.9 Å². The van der Waals surface area contributed by atoms with Crippen LogP contribution in [0.4, 0.5) is 5.82 Å². The molecule has 2 aromatic heterocycles. The predicted octanol–water partition coefficient (Wildman–Crippen LogP) is 0.248. The number of H-pyrrole nitrogens is 1. The third-order valence-electron chi connectivity index (χ3n) is 2.62. The average molecular weight is 293 g/mol. The normalized spacial score (nSPS) is 10.3. The molecule has 0 atom stereocenters. The van der Waals surface area contributed by atoms with Gasteiger partial charge in [-0.05, 0) is 11.0 Å². The van der Waals surface area contributed by atoms with Crippen LogP contribution in [-0.4, -0.2) is 43.0 Å². The number of rotatable bonds is 6. The number of nitrogens with one attached hydrogen (secondary N) is 2. The highest BCUT2D eigenvalue weighted by atomic mass is 16.6. The topological polar surface area (TPSA) is 143 Å². The molecule has 0 aliphatic carbocycles. The lowest BCUT2D eigenvalue weighted by atomic mass is 10.4. The van der Waals surface area contributed by atoms with Crippen LogP contribution in [0, 0.1) is 10.1 Å². The number of aromatic carboxylic acids is 1. The van der Waals surface area contributed by atoms with Crippen molar-refractivity contribution in [3.63, 3.8) is 0 Å². The minimum Gasteiger partial charge on any atom is -0.476 e. The van der Waals surface area contributed by atoms with E-state index in [1.165, 1.54) is 29.2 Å². The summed E-state index contributed by atoms with van der Waals surface area (Å²) in [6.07, 6.45) is 2.68. The summed E-state index contributed by atoms with van der Waals surface area (Å²) in [5, 5.41) is 21.7. The van der Waals surface area contributed by atoms with Crippen molar-refractivity contribution in [3.8, 4) is 0 Å². The second-order valence-electron chi connectivity index (χ2n) is 4.07. The number of amides is 1. The van der Waals surface area contributed by atoms with Gasteiger partial charge < -0.3 is 25.1 Å². The molecule has 3 N–H and O–H groups in total. The van der Waals surface area contributed by atoms with E-state index in [1.807, 2.05) is 0 Å². The van der Waals surface area contributed by atoms with Gasteiger partial charge in [0.1, 0.15) is 0 Å². The number of hydrogen-bond acceptors (Lipinski definition) is 5. The lowest BCUT2D eigenvalue weighted by Gasteiger charge is -2.03. The fraction of sp³-hybridized carbons (Fsp3) is 0.182. The molecule has 2 rings (SSSR count). The Hall–Kier alpha value is -3.17. The van der Waals surface area contributed by atoms with Gasteiger partial charge in [-0.25, -0.2) is 14.8 Å². The Morgan fingerprint density at radius 3 is 2.81 bits per heavy atom. The Balaban J connectivity index is 1.85. The Kier molecular flexibility index (Phi) is 3.97. The lowest BCUT2D eigenvalue weighted by molar-refractivity contribution is -0.389. The van der Waals surface area contributed by atoms with Crippen LogP contribution in [0.5, 0.6) is 0 Å². The van der Waals surface area contributed by atoms with Crippen LogP contribution in [0.2, 0.25) is 0 Å². The third kappa shape index (κ3) is 3.43. The fourth-order valence-corrected chi connectivity index (χ4v) is 1.61. The van der Waals surface area contributed by atoms with Gasteiger partial charge in [-0.15, -0.1) is 0 Å². The highest BCUT2D eigenvalue weighted by Crippen LogP contribution is 2.09. The molecule has 0 spiro atoms. The average Bonchev–Trinajstić information content (AvgIpc) is 3.07. The van der Waals surface area contributed by atoms with Gasteiger partial charge in [0.15, 0.2) is 11.4 Å². The Bertz CT molecular complexity index is 689. The standard InChI is InChI=1S/C11H11N5O5/c17-10(7-1-2-9(14-7)16(20)21)12-3-4-15-5-8(11(18)19)13-6-15/h1-2,5-6,14H,3-4H2,(H,12,17)(H,18,19). The second-order valence-corrected chi connectivity index (χ2v) is 4.07. The Labute approximate surface area is 117 Å². The minimum absolute atomic E-state index is 0.0820. The molecule has 2 aromatic rings. The minimum atomic E-state index is -1.13. The molecule has 0 aliphatic rings. The van der Waals surface area contributed by atoms with Crippen molar-refractivity contribution >= 4 is 17.7 Å². The summed E-state index contributed by atoms with van der Waals surface area (Å²) >= 11 is 0. The van der Waals surface area contributed by atoms with Crippen molar-refractivity contribution in [2.45, 2.75) is 6.54 Å². The summed E-state index contributed by atoms with van der Waals surface area (Å²) in [5.41, 5.74) is -0.000115. The van der Waals surface area contributed by atoms with Gasteiger partial charge in [0.25, 0.3) is 5.91 Å². The first kappa shape index (κ1) is 14.2. The first-order valence-corrected chi connectivity index (χ1v) is 5.84. The highest BCUT2D eigenvalue weighted by molar-refractivity contribution is 5.92. The first-order chi connectivity index (χ1) is 9.97. The zero-order chi connectivity index (χ0) is 15.4. The number of nitro groups is 1. The summed E-state index contributed by atoms with van der Waals surface area (Å²) in [6.45, 7) is 0.551. The number of hydrogen-bond donors (Lipinski definition) is 3. The van der Waals surface area contributed by atoms with E-state index in [-0.39, 0.29) is 23.8 Å². The monoisotopic (exact) mass is 293 g/mol. The van der Waals surface area contributed by atoms with E-state index in [0.29, 0.717) is 6.54 Å². The van der Waals surface area contributed by atoms with E-state index in [9.17, 15) is 19.7 Å². The number of nitrogens with zero attached hydrogens (tertiary/aromatic N) is 3. The second kappa shape index (κ2) is 5.86. The van der Waals surface area contributed by atoms with Gasteiger partial charge in [0.2, 0.25) is 0 Å².